The van der Waals surface area contributed by atoms with Gasteiger partial charge in [-0.3, -0.25) is 9.98 Å². The summed E-state index contributed by atoms with van der Waals surface area (Å²) in [5.74, 6) is 0. The summed E-state index contributed by atoms with van der Waals surface area (Å²) in [6, 6.07) is 12.9. The molecule has 0 fully saturated rings. The fourth-order valence-corrected chi connectivity index (χ4v) is 4.27. The number of nitrogens with zero attached hydrogens (tertiary/aromatic N) is 2. The normalized spacial score (nSPS) is 11.3. The van der Waals surface area contributed by atoms with Crippen molar-refractivity contribution in [1.82, 2.24) is 0 Å². The number of halogens is 2. The first-order chi connectivity index (χ1) is 14.2. The molecule has 0 aliphatic carbocycles. The Morgan fingerprint density at radius 2 is 0.967 bits per heavy atom. The minimum atomic E-state index is 1.06. The van der Waals surface area contributed by atoms with Crippen LogP contribution in [0.1, 0.15) is 43.1 Å². The number of rotatable bonds is 4. The number of aliphatic imine (C=N–C) groups is 2. The van der Waals surface area contributed by atoms with E-state index in [-0.39, 0.29) is 0 Å². The molecule has 0 atom stereocenters. The second-order valence-corrected chi connectivity index (χ2v) is 17.8. The number of thiophene rings is 1. The van der Waals surface area contributed by atoms with Crippen molar-refractivity contribution in [2.24, 2.45) is 9.98 Å². The van der Waals surface area contributed by atoms with Gasteiger partial charge in [0.25, 0.3) is 0 Å². The zero-order chi connectivity index (χ0) is 22.3. The van der Waals surface area contributed by atoms with E-state index in [9.17, 15) is 0 Å². The average molecular weight is 684 g/mol. The van der Waals surface area contributed by atoms with Crippen LogP contribution in [-0.4, -0.2) is 12.4 Å². The molecule has 0 bridgehead atoms. The van der Waals surface area contributed by atoms with Crippen molar-refractivity contribution in [3.8, 4) is 0 Å². The Hall–Kier alpha value is -0.541. The van der Waals surface area contributed by atoms with Crippen LogP contribution >= 0.6 is 52.0 Å². The molecule has 0 aliphatic heterocycles. The summed E-state index contributed by atoms with van der Waals surface area (Å²) in [6.45, 7) is 12.7. The van der Waals surface area contributed by atoms with Crippen LogP contribution in [0.15, 0.2) is 46.4 Å². The van der Waals surface area contributed by atoms with Crippen molar-refractivity contribution < 1.29 is 8.46 Å². The summed E-state index contributed by atoms with van der Waals surface area (Å²) in [6.07, 6.45) is 3.91. The molecule has 160 valence electrons. The van der Waals surface area contributed by atoms with Gasteiger partial charge in [-0.15, -0.1) is 11.3 Å². The molecule has 0 saturated heterocycles. The Labute approximate surface area is 213 Å². The number of hydrogen-bond donors (Lipinski definition) is 0. The molecule has 2 nitrogen and oxygen atoms in total. The molecule has 3 aromatic rings. The summed E-state index contributed by atoms with van der Waals surface area (Å²) < 4.78 is 0. The summed E-state index contributed by atoms with van der Waals surface area (Å²) in [7, 11) is 1.19. The summed E-state index contributed by atoms with van der Waals surface area (Å²) in [4.78, 5) is 11.7. The van der Waals surface area contributed by atoms with Crippen molar-refractivity contribution >= 4 is 75.8 Å². The standard InChI is InChI=1S/C24H26N2S.Fe.2HI/c1-15-9-17(3)23(18(4)10-15)25-13-21-7-8-22(27-21)14-26-24-19(5)11-16(2)12-20(24)6;;;/h7-14H,1-6H3;;2*1H/q;+2;;/p-2. The van der Waals surface area contributed by atoms with Gasteiger partial charge in [0.15, 0.2) is 0 Å². The number of benzene rings is 2. The summed E-state index contributed by atoms with van der Waals surface area (Å²) >= 11 is 6.25. The second-order valence-electron chi connectivity index (χ2n) is 7.30. The Balaban J connectivity index is 0.00000101. The van der Waals surface area contributed by atoms with E-state index in [1.54, 1.807) is 11.3 Å². The topological polar surface area (TPSA) is 24.7 Å². The van der Waals surface area contributed by atoms with E-state index in [2.05, 4.69) is 119 Å². The van der Waals surface area contributed by atoms with Crippen LogP contribution in [0.25, 0.3) is 0 Å². The van der Waals surface area contributed by atoms with Gasteiger partial charge >= 0.3 is 49.1 Å². The quantitative estimate of drug-likeness (QED) is 0.149. The number of aryl methyl sites for hydroxylation is 6. The van der Waals surface area contributed by atoms with Crippen LogP contribution < -0.4 is 0 Å². The molecule has 0 radical (unpaired) electrons. The number of hydrogen-bond acceptors (Lipinski definition) is 3. The van der Waals surface area contributed by atoms with E-state index in [4.69, 9.17) is 9.98 Å². The van der Waals surface area contributed by atoms with Crippen molar-refractivity contribution in [3.05, 3.63) is 79.5 Å². The zero-order valence-corrected chi connectivity index (χ0v) is 24.3. The van der Waals surface area contributed by atoms with Gasteiger partial charge in [-0.2, -0.15) is 0 Å². The fraction of sp³-hybridized carbons (Fsp3) is 0.250. The molecule has 0 unspecified atom stereocenters. The van der Waals surface area contributed by atoms with E-state index in [1.807, 2.05) is 12.4 Å². The SMILES string of the molecule is Cc1cc(C)c(N=Cc2ccc(C=Nc3c(C)cc(C)cc3C)s2)c(C)c1.[I][Fe][I]. The first kappa shape index (κ1) is 25.7. The van der Waals surface area contributed by atoms with E-state index < -0.39 is 0 Å². The Morgan fingerprint density at radius 3 is 1.27 bits per heavy atom. The minimum absolute atomic E-state index is 1.06. The average Bonchev–Trinajstić information content (AvgIpc) is 3.08. The molecular formula is C24H26FeI2N2S. The molecule has 0 aliphatic rings. The van der Waals surface area contributed by atoms with Crippen LogP contribution in [0, 0.1) is 41.5 Å². The van der Waals surface area contributed by atoms with E-state index in [0.29, 0.717) is 0 Å². The Bertz CT molecular complexity index is 943. The van der Waals surface area contributed by atoms with Crippen LogP contribution in [-0.2, 0) is 8.46 Å². The molecule has 0 amide bonds. The third kappa shape index (κ3) is 7.55. The van der Waals surface area contributed by atoms with Gasteiger partial charge in [0.1, 0.15) is 0 Å². The molecular weight excluding hydrogens is 658 g/mol. The van der Waals surface area contributed by atoms with Crippen molar-refractivity contribution in [3.63, 3.8) is 0 Å². The maximum absolute atomic E-state index is 4.73. The molecule has 2 aromatic carbocycles. The van der Waals surface area contributed by atoms with Gasteiger partial charge in [0.05, 0.1) is 11.4 Å². The zero-order valence-electron chi connectivity index (χ0n) is 18.0. The molecule has 3 rings (SSSR count). The third-order valence-corrected chi connectivity index (χ3v) is 5.51. The molecule has 0 spiro atoms. The van der Waals surface area contributed by atoms with Gasteiger partial charge < -0.3 is 0 Å². The fourth-order valence-electron chi connectivity index (χ4n) is 3.52. The molecule has 0 N–H and O–H groups in total. The van der Waals surface area contributed by atoms with E-state index in [1.165, 1.54) is 41.8 Å². The van der Waals surface area contributed by atoms with Crippen LogP contribution in [0.4, 0.5) is 11.4 Å². The predicted octanol–water partition coefficient (Wildman–Crippen LogP) is 8.87. The monoisotopic (exact) mass is 684 g/mol. The van der Waals surface area contributed by atoms with Crippen LogP contribution in [0.5, 0.6) is 0 Å². The first-order valence-corrected chi connectivity index (χ1v) is 17.4. The Morgan fingerprint density at radius 1 is 0.667 bits per heavy atom. The van der Waals surface area contributed by atoms with Crippen molar-refractivity contribution in [2.45, 2.75) is 41.5 Å². The Kier molecular flexibility index (Phi) is 10.7. The van der Waals surface area contributed by atoms with Gasteiger partial charge in [-0.25, -0.2) is 0 Å². The van der Waals surface area contributed by atoms with Crippen molar-refractivity contribution in [1.29, 1.82) is 0 Å². The molecule has 30 heavy (non-hydrogen) atoms. The molecule has 6 heteroatoms. The summed E-state index contributed by atoms with van der Waals surface area (Å²) in [5, 5.41) is 0. The first-order valence-electron chi connectivity index (χ1n) is 9.44. The molecule has 0 saturated carbocycles. The molecule has 1 aromatic heterocycles. The van der Waals surface area contributed by atoms with Gasteiger partial charge in [0.2, 0.25) is 0 Å². The van der Waals surface area contributed by atoms with Gasteiger partial charge in [-0.1, -0.05) is 35.4 Å². The van der Waals surface area contributed by atoms with Gasteiger partial charge in [0, 0.05) is 22.2 Å². The van der Waals surface area contributed by atoms with Crippen LogP contribution in [0.3, 0.4) is 0 Å². The van der Waals surface area contributed by atoms with E-state index in [0.717, 1.165) is 21.1 Å². The molecule has 1 heterocycles. The van der Waals surface area contributed by atoms with Crippen LogP contribution in [0.2, 0.25) is 0 Å². The third-order valence-electron chi connectivity index (χ3n) is 4.56. The van der Waals surface area contributed by atoms with Crippen molar-refractivity contribution in [2.75, 3.05) is 0 Å². The maximum atomic E-state index is 4.73. The van der Waals surface area contributed by atoms with E-state index >= 15 is 0 Å². The second kappa shape index (κ2) is 12.5. The summed E-state index contributed by atoms with van der Waals surface area (Å²) in [5.41, 5.74) is 9.55. The van der Waals surface area contributed by atoms with Gasteiger partial charge in [-0.05, 0) is 75.9 Å². The predicted molar refractivity (Wildman–Crippen MR) is 148 cm³/mol.